The summed E-state index contributed by atoms with van der Waals surface area (Å²) in [5, 5.41) is 10.8. The minimum absolute atomic E-state index is 0.139. The van der Waals surface area contributed by atoms with Gasteiger partial charge in [-0.15, -0.1) is 0 Å². The zero-order valence-electron chi connectivity index (χ0n) is 23.9. The van der Waals surface area contributed by atoms with Crippen LogP contribution in [0.15, 0.2) is 81.3 Å². The van der Waals surface area contributed by atoms with Gasteiger partial charge in [-0.25, -0.2) is 8.42 Å². The molecular formula is C31H35N3O6S. The largest absolute Gasteiger partial charge is 0.494 e. The van der Waals surface area contributed by atoms with Gasteiger partial charge in [0.2, 0.25) is 15.7 Å². The molecule has 0 bridgehead atoms. The molecule has 0 saturated heterocycles. The van der Waals surface area contributed by atoms with Gasteiger partial charge in [0.25, 0.3) is 5.56 Å². The normalized spacial score (nSPS) is 11.6. The van der Waals surface area contributed by atoms with Crippen LogP contribution in [-0.4, -0.2) is 56.3 Å². The maximum absolute atomic E-state index is 14.0. The van der Waals surface area contributed by atoms with E-state index in [4.69, 9.17) is 9.47 Å². The standard InChI is InChI=1S/C31H35N3O6S/c1-6-7-11-27-32-30(35)29(31(36)34(27)28-25(39-4)9-8-10-26(28)40-5)41(37,38)24-18-16-23(17-19-24)22-14-12-21(13-15-22)20-33(2)3/h8-10,12-19,35H,6-7,11,20H2,1-5H3. The van der Waals surface area contributed by atoms with Crippen LogP contribution in [0, 0.1) is 0 Å². The second-order valence-corrected chi connectivity index (χ2v) is 11.8. The number of aromatic hydroxyl groups is 1. The molecule has 0 fully saturated rings. The first kappa shape index (κ1) is 29.8. The van der Waals surface area contributed by atoms with E-state index in [2.05, 4.69) is 9.88 Å². The number of hydrogen-bond donors (Lipinski definition) is 1. The van der Waals surface area contributed by atoms with Crippen molar-refractivity contribution < 1.29 is 23.0 Å². The van der Waals surface area contributed by atoms with Gasteiger partial charge in [-0.1, -0.05) is 55.8 Å². The Morgan fingerprint density at radius 1 is 0.902 bits per heavy atom. The third-order valence-electron chi connectivity index (χ3n) is 6.69. The SMILES string of the molecule is CCCCc1nc(O)c(S(=O)(=O)c2ccc(-c3ccc(CN(C)C)cc3)cc2)c(=O)n1-c1c(OC)cccc1OC. The summed E-state index contributed by atoms with van der Waals surface area (Å²) in [6.45, 7) is 2.79. The highest BCUT2D eigenvalue weighted by Crippen LogP contribution is 2.34. The van der Waals surface area contributed by atoms with Gasteiger partial charge < -0.3 is 19.5 Å². The summed E-state index contributed by atoms with van der Waals surface area (Å²) in [7, 11) is 2.43. The molecule has 0 aliphatic heterocycles. The molecule has 0 aliphatic rings. The molecule has 9 nitrogen and oxygen atoms in total. The summed E-state index contributed by atoms with van der Waals surface area (Å²) < 4.78 is 39.8. The minimum Gasteiger partial charge on any atom is -0.494 e. The second-order valence-electron chi connectivity index (χ2n) is 9.90. The van der Waals surface area contributed by atoms with Crippen LogP contribution in [0.2, 0.25) is 0 Å². The van der Waals surface area contributed by atoms with Crippen LogP contribution in [0.4, 0.5) is 0 Å². The highest BCUT2D eigenvalue weighted by molar-refractivity contribution is 7.91. The van der Waals surface area contributed by atoms with Crippen LogP contribution in [0.5, 0.6) is 17.4 Å². The van der Waals surface area contributed by atoms with Crippen molar-refractivity contribution in [3.63, 3.8) is 0 Å². The predicted molar refractivity (Wildman–Crippen MR) is 158 cm³/mol. The number of methoxy groups -OCH3 is 2. The first-order chi connectivity index (χ1) is 19.6. The van der Waals surface area contributed by atoms with Gasteiger partial charge in [0, 0.05) is 13.0 Å². The molecule has 0 aliphatic carbocycles. The highest BCUT2D eigenvalue weighted by atomic mass is 32.2. The van der Waals surface area contributed by atoms with Crippen LogP contribution >= 0.6 is 0 Å². The number of para-hydroxylation sites is 1. The topological polar surface area (TPSA) is 111 Å². The summed E-state index contributed by atoms with van der Waals surface area (Å²) in [5.74, 6) is -0.0575. The Balaban J connectivity index is 1.83. The molecular weight excluding hydrogens is 542 g/mol. The minimum atomic E-state index is -4.46. The van der Waals surface area contributed by atoms with Crippen molar-refractivity contribution in [1.82, 2.24) is 14.5 Å². The molecule has 216 valence electrons. The van der Waals surface area contributed by atoms with Crippen LogP contribution in [0.25, 0.3) is 16.8 Å². The molecule has 1 N–H and O–H groups in total. The Bertz CT molecular complexity index is 1660. The van der Waals surface area contributed by atoms with Crippen molar-refractivity contribution in [3.8, 4) is 34.2 Å². The molecule has 3 aromatic carbocycles. The lowest BCUT2D eigenvalue weighted by Crippen LogP contribution is -2.29. The van der Waals surface area contributed by atoms with Crippen LogP contribution in [0.3, 0.4) is 0 Å². The van der Waals surface area contributed by atoms with E-state index in [1.165, 1.54) is 30.9 Å². The number of nitrogens with zero attached hydrogens (tertiary/aromatic N) is 3. The fourth-order valence-corrected chi connectivity index (χ4v) is 6.01. The number of ether oxygens (including phenoxy) is 2. The zero-order chi connectivity index (χ0) is 29.7. The number of sulfone groups is 1. The molecule has 0 atom stereocenters. The Labute approximate surface area is 240 Å². The van der Waals surface area contributed by atoms with Crippen LogP contribution in [-0.2, 0) is 22.8 Å². The van der Waals surface area contributed by atoms with E-state index in [9.17, 15) is 18.3 Å². The molecule has 4 rings (SSSR count). The summed E-state index contributed by atoms with van der Waals surface area (Å²) in [6.07, 6.45) is 1.78. The second kappa shape index (κ2) is 12.6. The molecule has 0 spiro atoms. The zero-order valence-corrected chi connectivity index (χ0v) is 24.7. The summed E-state index contributed by atoms with van der Waals surface area (Å²) in [4.78, 5) is 19.3. The molecule has 0 saturated carbocycles. The van der Waals surface area contributed by atoms with E-state index in [0.717, 1.165) is 29.7 Å². The first-order valence-corrected chi connectivity index (χ1v) is 14.8. The number of benzene rings is 3. The molecule has 0 unspecified atom stereocenters. The number of aryl methyl sites for hydroxylation is 1. The van der Waals surface area contributed by atoms with Crippen LogP contribution < -0.4 is 15.0 Å². The van der Waals surface area contributed by atoms with E-state index in [-0.39, 0.29) is 16.4 Å². The van der Waals surface area contributed by atoms with Crippen molar-refractivity contribution in [2.75, 3.05) is 28.3 Å². The van der Waals surface area contributed by atoms with E-state index in [0.29, 0.717) is 24.3 Å². The average molecular weight is 578 g/mol. The third-order valence-corrected chi connectivity index (χ3v) is 8.48. The van der Waals surface area contributed by atoms with Crippen molar-refractivity contribution in [2.45, 2.75) is 42.5 Å². The number of aromatic nitrogens is 2. The van der Waals surface area contributed by atoms with Gasteiger partial charge >= 0.3 is 0 Å². The van der Waals surface area contributed by atoms with Crippen LogP contribution in [0.1, 0.15) is 31.2 Å². The maximum atomic E-state index is 14.0. The Morgan fingerprint density at radius 2 is 1.46 bits per heavy atom. The highest BCUT2D eigenvalue weighted by Gasteiger charge is 2.31. The van der Waals surface area contributed by atoms with E-state index in [1.807, 2.05) is 45.3 Å². The number of unbranched alkanes of at least 4 members (excludes halogenated alkanes) is 1. The Morgan fingerprint density at radius 3 is 1.98 bits per heavy atom. The first-order valence-electron chi connectivity index (χ1n) is 13.3. The monoisotopic (exact) mass is 577 g/mol. The fourth-order valence-electron chi connectivity index (χ4n) is 4.67. The Hall–Kier alpha value is -4.15. The van der Waals surface area contributed by atoms with Crippen molar-refractivity contribution >= 4 is 9.84 Å². The van der Waals surface area contributed by atoms with Crippen molar-refractivity contribution in [2.24, 2.45) is 0 Å². The smallest absolute Gasteiger partial charge is 0.281 e. The third kappa shape index (κ3) is 6.13. The van der Waals surface area contributed by atoms with Gasteiger partial charge in [-0.3, -0.25) is 9.36 Å². The molecule has 10 heteroatoms. The molecule has 1 aromatic heterocycles. The fraction of sp³-hybridized carbons (Fsp3) is 0.290. The van der Waals surface area contributed by atoms with Gasteiger partial charge in [0.05, 0.1) is 19.1 Å². The summed E-state index contributed by atoms with van der Waals surface area (Å²) >= 11 is 0. The van der Waals surface area contributed by atoms with E-state index < -0.39 is 26.2 Å². The quantitative estimate of drug-likeness (QED) is 0.269. The molecule has 4 aromatic rings. The number of rotatable bonds is 11. The predicted octanol–water partition coefficient (Wildman–Crippen LogP) is 4.86. The lowest BCUT2D eigenvalue weighted by molar-refractivity contribution is 0.386. The van der Waals surface area contributed by atoms with Gasteiger partial charge in [-0.05, 0) is 61.5 Å². The number of hydrogen-bond acceptors (Lipinski definition) is 8. The van der Waals surface area contributed by atoms with E-state index in [1.54, 1.807) is 30.3 Å². The van der Waals surface area contributed by atoms with E-state index >= 15 is 0 Å². The van der Waals surface area contributed by atoms with Crippen molar-refractivity contribution in [3.05, 3.63) is 88.5 Å². The van der Waals surface area contributed by atoms with Gasteiger partial charge in [-0.2, -0.15) is 4.98 Å². The summed E-state index contributed by atoms with van der Waals surface area (Å²) in [5.41, 5.74) is 2.17. The Kier molecular flexibility index (Phi) is 9.14. The molecule has 1 heterocycles. The molecule has 0 radical (unpaired) electrons. The molecule has 0 amide bonds. The molecule has 41 heavy (non-hydrogen) atoms. The van der Waals surface area contributed by atoms with Gasteiger partial charge in [0.1, 0.15) is 23.0 Å². The van der Waals surface area contributed by atoms with Crippen molar-refractivity contribution in [1.29, 1.82) is 0 Å². The lowest BCUT2D eigenvalue weighted by Gasteiger charge is -2.19. The van der Waals surface area contributed by atoms with Gasteiger partial charge in [0.15, 0.2) is 4.90 Å². The maximum Gasteiger partial charge on any atom is 0.281 e. The lowest BCUT2D eigenvalue weighted by atomic mass is 10.0. The average Bonchev–Trinajstić information content (AvgIpc) is 2.95. The summed E-state index contributed by atoms with van der Waals surface area (Å²) in [6, 6.07) is 19.2.